The van der Waals surface area contributed by atoms with Crippen LogP contribution in [0.3, 0.4) is 0 Å². The van der Waals surface area contributed by atoms with E-state index in [0.29, 0.717) is 41.1 Å². The van der Waals surface area contributed by atoms with E-state index in [1.165, 1.54) is 31.0 Å². The van der Waals surface area contributed by atoms with Crippen LogP contribution in [-0.2, 0) is 0 Å². The van der Waals surface area contributed by atoms with Gasteiger partial charge in [0.1, 0.15) is 11.4 Å². The van der Waals surface area contributed by atoms with E-state index in [-0.39, 0.29) is 11.2 Å². The van der Waals surface area contributed by atoms with Crippen LogP contribution in [0.5, 0.6) is 11.5 Å². The zero-order valence-electron chi connectivity index (χ0n) is 22.3. The highest BCUT2D eigenvalue weighted by Gasteiger charge is 2.40. The van der Waals surface area contributed by atoms with Crippen molar-refractivity contribution in [3.8, 4) is 22.9 Å². The molecule has 1 aromatic carbocycles. The predicted molar refractivity (Wildman–Crippen MR) is 141 cm³/mol. The average molecular weight is 546 g/mol. The second-order valence-corrected chi connectivity index (χ2v) is 11.3. The molecule has 1 saturated carbocycles. The van der Waals surface area contributed by atoms with Crippen LogP contribution in [0.15, 0.2) is 24.3 Å². The van der Waals surface area contributed by atoms with E-state index in [9.17, 15) is 13.2 Å². The minimum Gasteiger partial charge on any atom is -0.487 e. The van der Waals surface area contributed by atoms with E-state index < -0.39 is 6.36 Å². The zero-order valence-corrected chi connectivity index (χ0v) is 22.3. The van der Waals surface area contributed by atoms with E-state index in [2.05, 4.69) is 37.1 Å². The normalized spacial score (nSPS) is 20.2. The first kappa shape index (κ1) is 26.0. The summed E-state index contributed by atoms with van der Waals surface area (Å²) in [6.07, 6.45) is 2.00. The van der Waals surface area contributed by atoms with Gasteiger partial charge >= 0.3 is 6.36 Å². The van der Waals surface area contributed by atoms with Gasteiger partial charge in [-0.25, -0.2) is 0 Å². The maximum absolute atomic E-state index is 12.9. The molecule has 0 unspecified atom stereocenters. The molecule has 0 radical (unpaired) electrons. The number of hydrogen-bond acceptors (Lipinski definition) is 8. The Labute approximate surface area is 225 Å². The Balaban J connectivity index is 1.41. The summed E-state index contributed by atoms with van der Waals surface area (Å²) in [5, 5.41) is 17.2. The first-order valence-corrected chi connectivity index (χ1v) is 13.6. The van der Waals surface area contributed by atoms with Crippen molar-refractivity contribution in [2.75, 3.05) is 57.1 Å². The van der Waals surface area contributed by atoms with Gasteiger partial charge in [0.15, 0.2) is 17.4 Å². The lowest BCUT2D eigenvalue weighted by atomic mass is 9.87. The number of fused-ring (bicyclic) bond motifs is 3. The summed E-state index contributed by atoms with van der Waals surface area (Å²) >= 11 is 0. The quantitative estimate of drug-likeness (QED) is 0.488. The third kappa shape index (κ3) is 5.30. The van der Waals surface area contributed by atoms with Crippen molar-refractivity contribution >= 4 is 17.2 Å². The van der Waals surface area contributed by atoms with Crippen LogP contribution in [0.25, 0.3) is 17.0 Å². The first-order chi connectivity index (χ1) is 18.7. The summed E-state index contributed by atoms with van der Waals surface area (Å²) in [7, 11) is 4.18. The molecule has 2 aromatic heterocycles. The van der Waals surface area contributed by atoms with Gasteiger partial charge in [0.2, 0.25) is 5.65 Å². The van der Waals surface area contributed by atoms with Gasteiger partial charge in [-0.15, -0.1) is 28.5 Å². The maximum atomic E-state index is 12.9. The number of alkyl halides is 3. The average Bonchev–Trinajstić information content (AvgIpc) is 3.49. The molecule has 1 spiro atoms. The molecule has 12 heteroatoms. The number of hydrogen-bond donors (Lipinski definition) is 1. The van der Waals surface area contributed by atoms with Crippen LogP contribution in [0.2, 0.25) is 0 Å². The molecule has 2 aliphatic heterocycles. The summed E-state index contributed by atoms with van der Waals surface area (Å²) in [5.41, 5.74) is 1.79. The molecule has 0 bridgehead atoms. The van der Waals surface area contributed by atoms with Crippen molar-refractivity contribution in [1.29, 1.82) is 0 Å². The number of benzene rings is 1. The molecular formula is C27H34F3N7O2. The number of piperidine rings is 1. The zero-order chi connectivity index (χ0) is 27.2. The summed E-state index contributed by atoms with van der Waals surface area (Å²) in [6.45, 7) is 4.31. The second kappa shape index (κ2) is 10.0. The molecule has 6 rings (SSSR count). The predicted octanol–water partition coefficient (Wildman–Crippen LogP) is 4.83. The number of nitrogens with one attached hydrogen (secondary N) is 1. The molecular weight excluding hydrogens is 511 g/mol. The van der Waals surface area contributed by atoms with Crippen molar-refractivity contribution in [3.05, 3.63) is 24.3 Å². The summed E-state index contributed by atoms with van der Waals surface area (Å²) < 4.78 is 50.9. The van der Waals surface area contributed by atoms with Crippen LogP contribution >= 0.6 is 0 Å². The molecule has 3 aromatic rings. The number of rotatable bonds is 5. The topological polar surface area (TPSA) is 80.0 Å². The van der Waals surface area contributed by atoms with E-state index in [0.717, 1.165) is 57.5 Å². The third-order valence-electron chi connectivity index (χ3n) is 8.35. The van der Waals surface area contributed by atoms with Gasteiger partial charge in [-0.3, -0.25) is 0 Å². The van der Waals surface area contributed by atoms with Crippen molar-refractivity contribution in [2.24, 2.45) is 11.3 Å². The number of aromatic nitrogens is 4. The minimum atomic E-state index is -4.79. The molecule has 3 aliphatic rings. The monoisotopic (exact) mass is 545 g/mol. The highest BCUT2D eigenvalue weighted by Crippen LogP contribution is 2.47. The van der Waals surface area contributed by atoms with Crippen molar-refractivity contribution in [1.82, 2.24) is 24.7 Å². The lowest BCUT2D eigenvalue weighted by Crippen LogP contribution is -2.35. The molecule has 39 heavy (non-hydrogen) atoms. The Morgan fingerprint density at radius 1 is 1.13 bits per heavy atom. The van der Waals surface area contributed by atoms with Crippen LogP contribution in [0.4, 0.5) is 24.7 Å². The Morgan fingerprint density at radius 2 is 1.90 bits per heavy atom. The Kier molecular flexibility index (Phi) is 6.68. The smallest absolute Gasteiger partial charge is 0.487 e. The molecule has 4 heterocycles. The molecule has 210 valence electrons. The molecule has 2 fully saturated rings. The van der Waals surface area contributed by atoms with E-state index >= 15 is 0 Å². The SMILES string of the molecule is CN1CCC(CNc2nn3c(-c4cccc(OC(F)(F)F)c4)nnc3c3c2OCC2(CCCC2)CN3C)CC1. The second-order valence-electron chi connectivity index (χ2n) is 11.3. The Morgan fingerprint density at radius 3 is 2.64 bits per heavy atom. The fourth-order valence-electron chi connectivity index (χ4n) is 6.28. The van der Waals surface area contributed by atoms with Gasteiger partial charge in [0.05, 0.1) is 6.61 Å². The van der Waals surface area contributed by atoms with Crippen LogP contribution in [0, 0.1) is 11.3 Å². The number of ether oxygens (including phenoxy) is 2. The van der Waals surface area contributed by atoms with Crippen LogP contribution in [0.1, 0.15) is 38.5 Å². The van der Waals surface area contributed by atoms with Gasteiger partial charge in [-0.05, 0) is 63.9 Å². The van der Waals surface area contributed by atoms with Crippen molar-refractivity contribution < 1.29 is 22.6 Å². The highest BCUT2D eigenvalue weighted by molar-refractivity contribution is 5.82. The van der Waals surface area contributed by atoms with E-state index in [1.807, 2.05) is 7.05 Å². The van der Waals surface area contributed by atoms with Gasteiger partial charge in [-0.1, -0.05) is 25.0 Å². The maximum Gasteiger partial charge on any atom is 0.573 e. The van der Waals surface area contributed by atoms with Crippen molar-refractivity contribution in [3.63, 3.8) is 0 Å². The van der Waals surface area contributed by atoms with Gasteiger partial charge in [-0.2, -0.15) is 4.52 Å². The lowest BCUT2D eigenvalue weighted by molar-refractivity contribution is -0.274. The van der Waals surface area contributed by atoms with E-state index in [1.54, 1.807) is 10.6 Å². The van der Waals surface area contributed by atoms with E-state index in [4.69, 9.17) is 9.84 Å². The van der Waals surface area contributed by atoms with Gasteiger partial charge in [0.25, 0.3) is 0 Å². The summed E-state index contributed by atoms with van der Waals surface area (Å²) in [5.74, 6) is 1.78. The number of nitrogens with zero attached hydrogens (tertiary/aromatic N) is 6. The third-order valence-corrected chi connectivity index (χ3v) is 8.35. The molecule has 1 N–H and O–H groups in total. The molecule has 1 aliphatic carbocycles. The minimum absolute atomic E-state index is 0.0715. The summed E-state index contributed by atoms with van der Waals surface area (Å²) in [4.78, 5) is 4.53. The number of likely N-dealkylation sites (tertiary alicyclic amines) is 1. The highest BCUT2D eigenvalue weighted by atomic mass is 19.4. The molecule has 0 atom stereocenters. The van der Waals surface area contributed by atoms with Crippen LogP contribution < -0.4 is 19.7 Å². The fourth-order valence-corrected chi connectivity index (χ4v) is 6.28. The largest absolute Gasteiger partial charge is 0.573 e. The standard InChI is InChI=1S/C27H34F3N7O2/c1-35-12-8-18(9-13-35)15-31-23-22-21(36(2)16-26(17-38-22)10-3-4-11-26)25-33-32-24(37(25)34-23)19-6-5-7-20(14-19)39-27(28,29)30/h5-7,14,18H,3-4,8-13,15-17H2,1-2H3,(H,31,34). The number of anilines is 2. The number of halogens is 3. The molecule has 0 amide bonds. The van der Waals surface area contributed by atoms with Gasteiger partial charge < -0.3 is 24.6 Å². The first-order valence-electron chi connectivity index (χ1n) is 13.6. The summed E-state index contributed by atoms with van der Waals surface area (Å²) in [6, 6.07) is 5.74. The van der Waals surface area contributed by atoms with Gasteiger partial charge in [0, 0.05) is 31.1 Å². The van der Waals surface area contributed by atoms with Crippen molar-refractivity contribution in [2.45, 2.75) is 44.9 Å². The lowest BCUT2D eigenvalue weighted by Gasteiger charge is -2.30. The Hall–Kier alpha value is -3.28. The molecule has 9 nitrogen and oxygen atoms in total. The van der Waals surface area contributed by atoms with Crippen LogP contribution in [-0.4, -0.2) is 78.0 Å². The fraction of sp³-hybridized carbons (Fsp3) is 0.593. The molecule has 1 saturated heterocycles. The Bertz CT molecular complexity index is 1330.